The molecule has 7 heteroatoms. The van der Waals surface area contributed by atoms with Crippen LogP contribution in [0, 0.1) is 0 Å². The Kier molecular flexibility index (Phi) is 5.39. The highest BCUT2D eigenvalue weighted by Crippen LogP contribution is 2.52. The Hall–Kier alpha value is -1.86. The molecule has 26 heavy (non-hydrogen) atoms. The third kappa shape index (κ3) is 3.25. The fraction of sp³-hybridized carbons (Fsp3) is 0.368. The number of benzene rings is 1. The summed E-state index contributed by atoms with van der Waals surface area (Å²) < 4.78 is 17.0. The first-order valence-electron chi connectivity index (χ1n) is 8.36. The zero-order valence-corrected chi connectivity index (χ0v) is 16.6. The summed E-state index contributed by atoms with van der Waals surface area (Å²) in [7, 11) is -1.37. The highest BCUT2D eigenvalue weighted by molar-refractivity contribution is 8.23. The third-order valence-electron chi connectivity index (χ3n) is 4.48. The summed E-state index contributed by atoms with van der Waals surface area (Å²) in [4.78, 5) is 17.0. The van der Waals surface area contributed by atoms with Gasteiger partial charge in [-0.05, 0) is 32.9 Å². The molecular formula is C19H21NO4S2. The second-order valence-electron chi connectivity index (χ2n) is 6.28. The number of aliphatic imine (C=N–C) groups is 1. The van der Waals surface area contributed by atoms with Gasteiger partial charge in [0.1, 0.15) is 16.4 Å². The van der Waals surface area contributed by atoms with E-state index in [1.165, 1.54) is 11.8 Å². The number of aliphatic hydroxyl groups excluding tert-OH is 1. The number of carbonyl (C=O) groups excluding carboxylic acids is 1. The number of para-hydroxylation sites is 1. The number of rotatable bonds is 3. The van der Waals surface area contributed by atoms with Gasteiger partial charge in [0.25, 0.3) is 0 Å². The summed E-state index contributed by atoms with van der Waals surface area (Å²) in [5, 5.41) is 11.3. The average molecular weight is 392 g/mol. The van der Waals surface area contributed by atoms with Gasteiger partial charge >= 0.3 is 5.97 Å². The number of carbonyl (C=O) groups is 1. The SMILES string of the molecule is CCOC(=O)C1=C(O)[C@@]2(CC(C)=C(C)C[S@@]2=O)SC1=Nc1ccccc1. The van der Waals surface area contributed by atoms with Crippen LogP contribution in [0.3, 0.4) is 0 Å². The molecule has 2 heterocycles. The second-order valence-corrected chi connectivity index (χ2v) is 9.50. The zero-order chi connectivity index (χ0) is 18.9. The zero-order valence-electron chi connectivity index (χ0n) is 14.9. The largest absolute Gasteiger partial charge is 0.509 e. The lowest BCUT2D eigenvalue weighted by molar-refractivity contribution is -0.138. The summed E-state index contributed by atoms with van der Waals surface area (Å²) in [5.41, 5.74) is 2.83. The fourth-order valence-electron chi connectivity index (χ4n) is 2.92. The molecule has 1 N–H and O–H groups in total. The Morgan fingerprint density at radius 3 is 2.65 bits per heavy atom. The van der Waals surface area contributed by atoms with E-state index in [1.807, 2.05) is 44.2 Å². The van der Waals surface area contributed by atoms with Crippen molar-refractivity contribution in [2.24, 2.45) is 4.99 Å². The van der Waals surface area contributed by atoms with Crippen LogP contribution in [0.25, 0.3) is 0 Å². The number of esters is 1. The van der Waals surface area contributed by atoms with Crippen LogP contribution in [0.15, 0.2) is 57.8 Å². The minimum Gasteiger partial charge on any atom is -0.509 e. The maximum absolute atomic E-state index is 13.0. The number of nitrogens with zero attached hydrogens (tertiary/aromatic N) is 1. The van der Waals surface area contributed by atoms with E-state index < -0.39 is 20.8 Å². The molecule has 0 unspecified atom stereocenters. The van der Waals surface area contributed by atoms with Crippen molar-refractivity contribution in [1.29, 1.82) is 0 Å². The van der Waals surface area contributed by atoms with E-state index in [9.17, 15) is 14.1 Å². The van der Waals surface area contributed by atoms with E-state index in [1.54, 1.807) is 6.92 Å². The molecular weight excluding hydrogens is 370 g/mol. The summed E-state index contributed by atoms with van der Waals surface area (Å²) in [6, 6.07) is 9.19. The van der Waals surface area contributed by atoms with Gasteiger partial charge < -0.3 is 9.84 Å². The van der Waals surface area contributed by atoms with Crippen molar-refractivity contribution >= 4 is 39.3 Å². The molecule has 1 spiro atoms. The molecule has 3 rings (SSSR count). The van der Waals surface area contributed by atoms with Gasteiger partial charge in [-0.2, -0.15) is 0 Å². The molecule has 2 aliphatic rings. The normalized spacial score (nSPS) is 27.5. The Bertz CT molecular complexity index is 858. The molecule has 5 nitrogen and oxygen atoms in total. The number of aliphatic hydroxyl groups is 1. The van der Waals surface area contributed by atoms with Gasteiger partial charge in [-0.25, -0.2) is 9.79 Å². The van der Waals surface area contributed by atoms with Crippen LogP contribution in [0.4, 0.5) is 5.69 Å². The van der Waals surface area contributed by atoms with E-state index in [0.717, 1.165) is 11.1 Å². The van der Waals surface area contributed by atoms with Crippen LogP contribution in [0.1, 0.15) is 27.2 Å². The Morgan fingerprint density at radius 1 is 1.31 bits per heavy atom. The predicted molar refractivity (Wildman–Crippen MR) is 106 cm³/mol. The number of ether oxygens (including phenoxy) is 1. The number of hydrogen-bond acceptors (Lipinski definition) is 6. The molecule has 0 radical (unpaired) electrons. The molecule has 0 amide bonds. The molecule has 0 aromatic heterocycles. The van der Waals surface area contributed by atoms with Gasteiger partial charge in [0, 0.05) is 12.2 Å². The molecule has 2 atom stereocenters. The van der Waals surface area contributed by atoms with Gasteiger partial charge in [0.15, 0.2) is 4.08 Å². The standard InChI is InChI=1S/C19H21NO4S2/c1-4-24-18(22)15-16(21)19(10-12(2)13(3)11-26(19)23)25-17(15)20-14-8-6-5-7-9-14/h5-9,21H,4,10-11H2,1-3H3/t19-,26-/m0/s1. The van der Waals surface area contributed by atoms with Crippen LogP contribution in [-0.4, -0.2) is 36.8 Å². The Morgan fingerprint density at radius 2 is 2.00 bits per heavy atom. The van der Waals surface area contributed by atoms with E-state index >= 15 is 0 Å². The van der Waals surface area contributed by atoms with Crippen molar-refractivity contribution < 1.29 is 18.8 Å². The van der Waals surface area contributed by atoms with Crippen molar-refractivity contribution in [1.82, 2.24) is 0 Å². The van der Waals surface area contributed by atoms with Crippen molar-refractivity contribution in [3.05, 3.63) is 52.8 Å². The van der Waals surface area contributed by atoms with E-state index in [-0.39, 0.29) is 17.9 Å². The lowest BCUT2D eigenvalue weighted by atomic mass is 10.0. The molecule has 0 aliphatic carbocycles. The van der Waals surface area contributed by atoms with Crippen molar-refractivity contribution in [2.75, 3.05) is 12.4 Å². The van der Waals surface area contributed by atoms with Crippen LogP contribution in [0.2, 0.25) is 0 Å². The topological polar surface area (TPSA) is 76.0 Å². The minimum atomic E-state index is -1.37. The smallest absolute Gasteiger partial charge is 0.344 e. The van der Waals surface area contributed by atoms with E-state index in [2.05, 4.69) is 4.99 Å². The fourth-order valence-corrected chi connectivity index (χ4v) is 6.51. The van der Waals surface area contributed by atoms with Crippen LogP contribution >= 0.6 is 11.8 Å². The lowest BCUT2D eigenvalue weighted by Crippen LogP contribution is -2.37. The molecule has 1 aromatic carbocycles. The summed E-state index contributed by atoms with van der Waals surface area (Å²) in [6.45, 7) is 5.81. The third-order valence-corrected chi connectivity index (χ3v) is 8.21. The molecule has 138 valence electrons. The van der Waals surface area contributed by atoms with Crippen molar-refractivity contribution in [2.45, 2.75) is 31.3 Å². The highest BCUT2D eigenvalue weighted by atomic mass is 32.2. The average Bonchev–Trinajstić information content (AvgIpc) is 2.87. The quantitative estimate of drug-likeness (QED) is 0.622. The number of allylic oxidation sites excluding steroid dienone is 1. The van der Waals surface area contributed by atoms with Crippen molar-refractivity contribution in [3.63, 3.8) is 0 Å². The summed E-state index contributed by atoms with van der Waals surface area (Å²) in [6.07, 6.45) is 0.415. The summed E-state index contributed by atoms with van der Waals surface area (Å²) >= 11 is 1.20. The van der Waals surface area contributed by atoms with Gasteiger partial charge in [0.2, 0.25) is 0 Å². The first-order chi connectivity index (χ1) is 12.4. The Labute approximate surface area is 159 Å². The first kappa shape index (κ1) is 18.9. The maximum Gasteiger partial charge on any atom is 0.344 e. The Balaban J connectivity index is 2.12. The lowest BCUT2D eigenvalue weighted by Gasteiger charge is -2.32. The van der Waals surface area contributed by atoms with Crippen LogP contribution in [0.5, 0.6) is 0 Å². The van der Waals surface area contributed by atoms with Gasteiger partial charge in [-0.3, -0.25) is 4.21 Å². The molecule has 0 fully saturated rings. The van der Waals surface area contributed by atoms with E-state index in [0.29, 0.717) is 22.9 Å². The van der Waals surface area contributed by atoms with Gasteiger partial charge in [-0.1, -0.05) is 41.1 Å². The number of hydrogen-bond donors (Lipinski definition) is 1. The van der Waals surface area contributed by atoms with Crippen molar-refractivity contribution in [3.8, 4) is 0 Å². The molecule has 0 bridgehead atoms. The monoisotopic (exact) mass is 391 g/mol. The van der Waals surface area contributed by atoms with Crippen LogP contribution in [-0.2, 0) is 20.3 Å². The van der Waals surface area contributed by atoms with Gasteiger partial charge in [0.05, 0.1) is 23.1 Å². The molecule has 0 saturated carbocycles. The second kappa shape index (κ2) is 7.40. The molecule has 1 aromatic rings. The van der Waals surface area contributed by atoms with Crippen LogP contribution < -0.4 is 0 Å². The maximum atomic E-state index is 13.0. The number of thioether (sulfide) groups is 1. The summed E-state index contributed by atoms with van der Waals surface area (Å²) in [5.74, 6) is -0.441. The first-order valence-corrected chi connectivity index (χ1v) is 10.5. The molecule has 2 aliphatic heterocycles. The predicted octanol–water partition coefficient (Wildman–Crippen LogP) is 4.02. The molecule has 0 saturated heterocycles. The minimum absolute atomic E-state index is 0.0291. The van der Waals surface area contributed by atoms with E-state index in [4.69, 9.17) is 4.74 Å². The van der Waals surface area contributed by atoms with Gasteiger partial charge in [-0.15, -0.1) is 0 Å². The highest BCUT2D eigenvalue weighted by Gasteiger charge is 2.54.